The van der Waals surface area contributed by atoms with Gasteiger partial charge in [0, 0.05) is 16.5 Å². The van der Waals surface area contributed by atoms with Crippen molar-refractivity contribution in [1.82, 2.24) is 9.55 Å². The minimum Gasteiger partial charge on any atom is -0.274 e. The number of hydrogen-bond acceptors (Lipinski definition) is 2. The SMILES string of the molecule is O=C(C1CC1)n1c(-c2cccc3ccccc23)nc2ccc(Cl)cc21. The lowest BCUT2D eigenvalue weighted by molar-refractivity contribution is 0.0893. The van der Waals surface area contributed by atoms with Gasteiger partial charge in [0.25, 0.3) is 0 Å². The molecule has 1 aliphatic rings. The molecule has 3 nitrogen and oxygen atoms in total. The van der Waals surface area contributed by atoms with E-state index in [1.807, 2.05) is 42.5 Å². The highest BCUT2D eigenvalue weighted by Gasteiger charge is 2.33. The Morgan fingerprint density at radius 1 is 1.04 bits per heavy atom. The lowest BCUT2D eigenvalue weighted by Crippen LogP contribution is -2.14. The second-order valence-electron chi connectivity index (χ2n) is 6.54. The number of nitrogens with zero attached hydrogens (tertiary/aromatic N) is 2. The van der Waals surface area contributed by atoms with Crippen LogP contribution in [0.4, 0.5) is 0 Å². The summed E-state index contributed by atoms with van der Waals surface area (Å²) in [5, 5.41) is 2.84. The number of rotatable bonds is 2. The average molecular weight is 347 g/mol. The molecule has 122 valence electrons. The fourth-order valence-corrected chi connectivity index (χ4v) is 3.55. The van der Waals surface area contributed by atoms with Crippen LogP contribution in [-0.2, 0) is 0 Å². The van der Waals surface area contributed by atoms with E-state index in [2.05, 4.69) is 18.2 Å². The van der Waals surface area contributed by atoms with E-state index in [-0.39, 0.29) is 11.8 Å². The summed E-state index contributed by atoms with van der Waals surface area (Å²) in [6.45, 7) is 0. The van der Waals surface area contributed by atoms with Crippen LogP contribution >= 0.6 is 11.6 Å². The summed E-state index contributed by atoms with van der Waals surface area (Å²) in [5.74, 6) is 0.920. The van der Waals surface area contributed by atoms with Gasteiger partial charge in [-0.05, 0) is 41.8 Å². The smallest absolute Gasteiger partial charge is 0.235 e. The van der Waals surface area contributed by atoms with Gasteiger partial charge in [0.15, 0.2) is 0 Å². The molecule has 0 bridgehead atoms. The first-order valence-corrected chi connectivity index (χ1v) is 8.80. The Balaban J connectivity index is 1.86. The molecule has 0 amide bonds. The molecule has 0 unspecified atom stereocenters. The van der Waals surface area contributed by atoms with Gasteiger partial charge in [-0.25, -0.2) is 4.98 Å². The molecule has 1 saturated carbocycles. The largest absolute Gasteiger partial charge is 0.274 e. The molecule has 25 heavy (non-hydrogen) atoms. The predicted octanol–water partition coefficient (Wildman–Crippen LogP) is 5.56. The van der Waals surface area contributed by atoms with Crippen LogP contribution < -0.4 is 0 Å². The van der Waals surface area contributed by atoms with Crippen molar-refractivity contribution in [3.8, 4) is 11.4 Å². The van der Waals surface area contributed by atoms with Crippen LogP contribution in [0.15, 0.2) is 60.7 Å². The van der Waals surface area contributed by atoms with Gasteiger partial charge in [-0.1, -0.05) is 54.1 Å². The summed E-state index contributed by atoms with van der Waals surface area (Å²) in [6, 6.07) is 19.8. The topological polar surface area (TPSA) is 34.9 Å². The first kappa shape index (κ1) is 14.7. The fourth-order valence-electron chi connectivity index (χ4n) is 3.39. The van der Waals surface area contributed by atoms with Crippen LogP contribution in [-0.4, -0.2) is 15.5 Å². The highest BCUT2D eigenvalue weighted by Crippen LogP contribution is 2.36. The molecule has 4 aromatic rings. The number of benzene rings is 3. The van der Waals surface area contributed by atoms with Gasteiger partial charge in [-0.3, -0.25) is 9.36 Å². The summed E-state index contributed by atoms with van der Waals surface area (Å²) in [4.78, 5) is 17.8. The summed E-state index contributed by atoms with van der Waals surface area (Å²) in [7, 11) is 0. The lowest BCUT2D eigenvalue weighted by atomic mass is 10.0. The third-order valence-electron chi connectivity index (χ3n) is 4.79. The zero-order valence-corrected chi connectivity index (χ0v) is 14.2. The average Bonchev–Trinajstić information content (AvgIpc) is 3.42. The van der Waals surface area contributed by atoms with Crippen molar-refractivity contribution in [3.63, 3.8) is 0 Å². The molecule has 1 aliphatic carbocycles. The van der Waals surface area contributed by atoms with Crippen LogP contribution in [0.1, 0.15) is 17.6 Å². The summed E-state index contributed by atoms with van der Waals surface area (Å²) < 4.78 is 1.76. The molecule has 0 N–H and O–H groups in total. The van der Waals surface area contributed by atoms with Gasteiger partial charge in [0.05, 0.1) is 11.0 Å². The fraction of sp³-hybridized carbons (Fsp3) is 0.143. The Morgan fingerprint density at radius 3 is 2.68 bits per heavy atom. The van der Waals surface area contributed by atoms with Crippen LogP contribution in [0, 0.1) is 5.92 Å². The van der Waals surface area contributed by atoms with Crippen LogP contribution in [0.25, 0.3) is 33.2 Å². The molecule has 0 aliphatic heterocycles. The van der Waals surface area contributed by atoms with E-state index in [1.165, 1.54) is 0 Å². The minimum atomic E-state index is 0.102. The Labute approximate surface area is 149 Å². The lowest BCUT2D eigenvalue weighted by Gasteiger charge is -2.10. The monoisotopic (exact) mass is 346 g/mol. The normalized spacial score (nSPS) is 14.3. The van der Waals surface area contributed by atoms with Gasteiger partial charge in [-0.2, -0.15) is 0 Å². The van der Waals surface area contributed by atoms with Gasteiger partial charge in [0.1, 0.15) is 5.82 Å². The molecule has 3 aromatic carbocycles. The third kappa shape index (κ3) is 2.35. The number of halogens is 1. The van der Waals surface area contributed by atoms with E-state index in [0.29, 0.717) is 10.8 Å². The van der Waals surface area contributed by atoms with E-state index in [9.17, 15) is 4.79 Å². The maximum atomic E-state index is 13.0. The van der Waals surface area contributed by atoms with Gasteiger partial charge < -0.3 is 0 Å². The molecule has 0 saturated heterocycles. The molecule has 1 fully saturated rings. The minimum absolute atomic E-state index is 0.102. The van der Waals surface area contributed by atoms with Gasteiger partial charge in [-0.15, -0.1) is 0 Å². The number of hydrogen-bond donors (Lipinski definition) is 0. The summed E-state index contributed by atoms with van der Waals surface area (Å²) in [6.07, 6.45) is 1.90. The molecule has 1 aromatic heterocycles. The van der Waals surface area contributed by atoms with E-state index < -0.39 is 0 Å². The van der Waals surface area contributed by atoms with Crippen molar-refractivity contribution >= 4 is 39.3 Å². The molecular formula is C21H15ClN2O. The second-order valence-corrected chi connectivity index (χ2v) is 6.98. The third-order valence-corrected chi connectivity index (χ3v) is 5.03. The highest BCUT2D eigenvalue weighted by atomic mass is 35.5. The molecule has 0 spiro atoms. The van der Waals surface area contributed by atoms with Crippen LogP contribution in [0.5, 0.6) is 0 Å². The number of fused-ring (bicyclic) bond motifs is 2. The first-order valence-electron chi connectivity index (χ1n) is 8.43. The Kier molecular flexibility index (Phi) is 3.19. The van der Waals surface area contributed by atoms with Crippen molar-refractivity contribution in [1.29, 1.82) is 0 Å². The second kappa shape index (κ2) is 5.43. The number of carbonyl (C=O) groups excluding carboxylic acids is 1. The number of imidazole rings is 1. The summed E-state index contributed by atoms with van der Waals surface area (Å²) >= 11 is 6.19. The predicted molar refractivity (Wildman–Crippen MR) is 101 cm³/mol. The van der Waals surface area contributed by atoms with E-state index in [1.54, 1.807) is 4.57 Å². The van der Waals surface area contributed by atoms with E-state index >= 15 is 0 Å². The van der Waals surface area contributed by atoms with Crippen molar-refractivity contribution in [2.75, 3.05) is 0 Å². The molecule has 0 radical (unpaired) electrons. The van der Waals surface area contributed by atoms with Gasteiger partial charge >= 0.3 is 0 Å². The molecular weight excluding hydrogens is 332 g/mol. The number of carbonyl (C=O) groups is 1. The molecule has 1 heterocycles. The molecule has 4 heteroatoms. The first-order chi connectivity index (χ1) is 12.2. The Bertz CT molecular complexity index is 1140. The zero-order valence-electron chi connectivity index (χ0n) is 13.4. The quantitative estimate of drug-likeness (QED) is 0.476. The van der Waals surface area contributed by atoms with E-state index in [4.69, 9.17) is 16.6 Å². The van der Waals surface area contributed by atoms with Crippen LogP contribution in [0.3, 0.4) is 0 Å². The van der Waals surface area contributed by atoms with E-state index in [0.717, 1.165) is 40.2 Å². The molecule has 0 atom stereocenters. The standard InChI is InChI=1S/C21H15ClN2O/c22-15-10-11-18-19(12-15)24(21(25)14-8-9-14)20(23-18)17-7-3-5-13-4-1-2-6-16(13)17/h1-7,10-12,14H,8-9H2. The highest BCUT2D eigenvalue weighted by molar-refractivity contribution is 6.31. The van der Waals surface area contributed by atoms with Crippen molar-refractivity contribution < 1.29 is 4.79 Å². The molecule has 5 rings (SSSR count). The maximum Gasteiger partial charge on any atom is 0.235 e. The maximum absolute atomic E-state index is 13.0. The Morgan fingerprint density at radius 2 is 1.84 bits per heavy atom. The van der Waals surface area contributed by atoms with Crippen molar-refractivity contribution in [2.24, 2.45) is 5.92 Å². The van der Waals surface area contributed by atoms with Crippen molar-refractivity contribution in [3.05, 3.63) is 65.7 Å². The van der Waals surface area contributed by atoms with Crippen LogP contribution in [0.2, 0.25) is 5.02 Å². The van der Waals surface area contributed by atoms with Gasteiger partial charge in [0.2, 0.25) is 5.91 Å². The zero-order chi connectivity index (χ0) is 17.0. The van der Waals surface area contributed by atoms with Crippen molar-refractivity contribution in [2.45, 2.75) is 12.8 Å². The summed E-state index contributed by atoms with van der Waals surface area (Å²) in [5.41, 5.74) is 2.55. The Hall–Kier alpha value is -2.65. The number of aromatic nitrogens is 2.